The number of hydrogen-bond donors (Lipinski definition) is 2. The Kier molecular flexibility index (Phi) is 2.77. The molecule has 0 radical (unpaired) electrons. The molecule has 0 spiro atoms. The van der Waals surface area contributed by atoms with Crippen molar-refractivity contribution in [2.45, 2.75) is 38.1 Å². The van der Waals surface area contributed by atoms with Gasteiger partial charge in [0.05, 0.1) is 4.47 Å². The van der Waals surface area contributed by atoms with Crippen LogP contribution in [0.5, 0.6) is 5.75 Å². The molecule has 3 heteroatoms. The molecular weight excluding hydrogens is 254 g/mol. The maximum Gasteiger partial charge on any atom is 0.132 e. The third-order valence-electron chi connectivity index (χ3n) is 3.18. The largest absolute Gasteiger partial charge is 0.506 e. The topological polar surface area (TPSA) is 46.2 Å². The third kappa shape index (κ3) is 2.34. The molecule has 2 nitrogen and oxygen atoms in total. The number of aryl methyl sites for hydroxylation is 2. The Balaban J connectivity index is 2.11. The maximum absolute atomic E-state index is 9.75. The van der Waals surface area contributed by atoms with Crippen LogP contribution >= 0.6 is 15.9 Å². The van der Waals surface area contributed by atoms with Crippen molar-refractivity contribution in [3.63, 3.8) is 0 Å². The van der Waals surface area contributed by atoms with Crippen molar-refractivity contribution in [1.29, 1.82) is 0 Å². The molecule has 0 aliphatic heterocycles. The predicted octanol–water partition coefficient (Wildman–Crippen LogP) is 2.89. The number of aromatic hydroxyl groups is 1. The van der Waals surface area contributed by atoms with Crippen LogP contribution < -0.4 is 5.73 Å². The Hall–Kier alpha value is -0.540. The molecule has 2 rings (SSSR count). The molecule has 1 fully saturated rings. The standard InChI is InChI=1S/C12H16BrNO/c1-8-2-3-9(10(13)11(8)15)4-5-12(14)6-7-12/h2-3,15H,4-7,14H2,1H3. The first-order valence-electron chi connectivity index (χ1n) is 5.28. The molecule has 0 heterocycles. The van der Waals surface area contributed by atoms with E-state index in [4.69, 9.17) is 5.73 Å². The lowest BCUT2D eigenvalue weighted by atomic mass is 10.0. The molecule has 1 aliphatic carbocycles. The van der Waals surface area contributed by atoms with E-state index in [1.165, 1.54) is 0 Å². The Morgan fingerprint density at radius 3 is 2.73 bits per heavy atom. The number of phenolic OH excluding ortho intramolecular Hbond substituents is 1. The van der Waals surface area contributed by atoms with Crippen molar-refractivity contribution < 1.29 is 5.11 Å². The van der Waals surface area contributed by atoms with Gasteiger partial charge in [0.15, 0.2) is 0 Å². The van der Waals surface area contributed by atoms with Crippen molar-refractivity contribution in [2.24, 2.45) is 5.73 Å². The van der Waals surface area contributed by atoms with Crippen molar-refractivity contribution in [2.75, 3.05) is 0 Å². The summed E-state index contributed by atoms with van der Waals surface area (Å²) in [4.78, 5) is 0. The fraction of sp³-hybridized carbons (Fsp3) is 0.500. The van der Waals surface area contributed by atoms with Gasteiger partial charge in [-0.05, 0) is 59.7 Å². The minimum absolute atomic E-state index is 0.0833. The van der Waals surface area contributed by atoms with Crippen LogP contribution in [0.3, 0.4) is 0 Å². The van der Waals surface area contributed by atoms with E-state index in [1.807, 2.05) is 13.0 Å². The molecule has 0 bridgehead atoms. The van der Waals surface area contributed by atoms with Crippen LogP contribution in [-0.4, -0.2) is 10.6 Å². The normalized spacial score (nSPS) is 17.8. The molecule has 1 aromatic carbocycles. The molecule has 0 saturated heterocycles. The van der Waals surface area contributed by atoms with Crippen LogP contribution in [0.2, 0.25) is 0 Å². The van der Waals surface area contributed by atoms with Gasteiger partial charge in [0.1, 0.15) is 5.75 Å². The zero-order chi connectivity index (χ0) is 11.1. The number of benzene rings is 1. The summed E-state index contributed by atoms with van der Waals surface area (Å²) in [5, 5.41) is 9.75. The highest BCUT2D eigenvalue weighted by atomic mass is 79.9. The third-order valence-corrected chi connectivity index (χ3v) is 4.07. The van der Waals surface area contributed by atoms with Gasteiger partial charge in [0, 0.05) is 5.54 Å². The second-order valence-electron chi connectivity index (χ2n) is 4.57. The number of rotatable bonds is 3. The van der Waals surface area contributed by atoms with E-state index in [9.17, 15) is 5.11 Å². The predicted molar refractivity (Wildman–Crippen MR) is 65.0 cm³/mol. The number of nitrogens with two attached hydrogens (primary N) is 1. The first kappa shape index (κ1) is 11.0. The Bertz CT molecular complexity index is 385. The molecule has 0 amide bonds. The fourth-order valence-electron chi connectivity index (χ4n) is 1.69. The van der Waals surface area contributed by atoms with Crippen LogP contribution in [0.4, 0.5) is 0 Å². The number of phenols is 1. The lowest BCUT2D eigenvalue weighted by molar-refractivity contribution is 0.466. The zero-order valence-electron chi connectivity index (χ0n) is 8.89. The van der Waals surface area contributed by atoms with Gasteiger partial charge in [0.2, 0.25) is 0 Å². The number of halogens is 1. The second-order valence-corrected chi connectivity index (χ2v) is 5.36. The summed E-state index contributed by atoms with van der Waals surface area (Å²) in [6, 6.07) is 4.01. The van der Waals surface area contributed by atoms with Crippen molar-refractivity contribution in [3.8, 4) is 5.75 Å². The highest BCUT2D eigenvalue weighted by Crippen LogP contribution is 2.38. The van der Waals surface area contributed by atoms with Crippen molar-refractivity contribution in [3.05, 3.63) is 27.7 Å². The van der Waals surface area contributed by atoms with Crippen molar-refractivity contribution >= 4 is 15.9 Å². The summed E-state index contributed by atoms with van der Waals surface area (Å²) in [5.74, 6) is 0.356. The molecular formula is C12H16BrNO. The second kappa shape index (κ2) is 3.80. The maximum atomic E-state index is 9.75. The lowest BCUT2D eigenvalue weighted by Gasteiger charge is -2.11. The van der Waals surface area contributed by atoms with Crippen LogP contribution in [0.25, 0.3) is 0 Å². The summed E-state index contributed by atoms with van der Waals surface area (Å²) in [7, 11) is 0. The van der Waals surface area contributed by atoms with E-state index in [-0.39, 0.29) is 5.54 Å². The molecule has 15 heavy (non-hydrogen) atoms. The van der Waals surface area contributed by atoms with Gasteiger partial charge in [-0.2, -0.15) is 0 Å². The van der Waals surface area contributed by atoms with Gasteiger partial charge in [0.25, 0.3) is 0 Å². The monoisotopic (exact) mass is 269 g/mol. The molecule has 0 atom stereocenters. The van der Waals surface area contributed by atoms with Gasteiger partial charge in [-0.3, -0.25) is 0 Å². The average molecular weight is 270 g/mol. The smallest absolute Gasteiger partial charge is 0.132 e. The summed E-state index contributed by atoms with van der Waals surface area (Å²) in [5.41, 5.74) is 8.17. The summed E-state index contributed by atoms with van der Waals surface area (Å²) in [6.45, 7) is 1.90. The van der Waals surface area contributed by atoms with E-state index in [1.54, 1.807) is 0 Å². The van der Waals surface area contributed by atoms with Crippen LogP contribution in [0.15, 0.2) is 16.6 Å². The number of hydrogen-bond acceptors (Lipinski definition) is 2. The zero-order valence-corrected chi connectivity index (χ0v) is 10.5. The molecule has 0 aromatic heterocycles. The lowest BCUT2D eigenvalue weighted by Crippen LogP contribution is -2.22. The Morgan fingerprint density at radius 1 is 1.47 bits per heavy atom. The van der Waals surface area contributed by atoms with E-state index >= 15 is 0 Å². The van der Waals surface area contributed by atoms with E-state index in [0.717, 1.165) is 41.3 Å². The quantitative estimate of drug-likeness (QED) is 0.887. The minimum atomic E-state index is 0.0833. The SMILES string of the molecule is Cc1ccc(CCC2(N)CC2)c(Br)c1O. The Morgan fingerprint density at radius 2 is 2.13 bits per heavy atom. The molecule has 1 saturated carbocycles. The fourth-order valence-corrected chi connectivity index (χ4v) is 2.33. The molecule has 1 aromatic rings. The van der Waals surface area contributed by atoms with E-state index in [2.05, 4.69) is 22.0 Å². The minimum Gasteiger partial charge on any atom is -0.506 e. The van der Waals surface area contributed by atoms with Crippen LogP contribution in [0.1, 0.15) is 30.4 Å². The van der Waals surface area contributed by atoms with Crippen LogP contribution in [-0.2, 0) is 6.42 Å². The molecule has 1 aliphatic rings. The van der Waals surface area contributed by atoms with Gasteiger partial charge in [-0.15, -0.1) is 0 Å². The highest BCUT2D eigenvalue weighted by Gasteiger charge is 2.37. The van der Waals surface area contributed by atoms with Gasteiger partial charge in [-0.25, -0.2) is 0 Å². The van der Waals surface area contributed by atoms with Crippen molar-refractivity contribution in [1.82, 2.24) is 0 Å². The summed E-state index contributed by atoms with van der Waals surface area (Å²) >= 11 is 3.43. The van der Waals surface area contributed by atoms with E-state index < -0.39 is 0 Å². The summed E-state index contributed by atoms with van der Waals surface area (Å²) in [6.07, 6.45) is 4.23. The van der Waals surface area contributed by atoms with Gasteiger partial charge < -0.3 is 10.8 Å². The van der Waals surface area contributed by atoms with Crippen LogP contribution in [0, 0.1) is 6.92 Å². The molecule has 3 N–H and O–H groups in total. The Labute approximate surface area is 98.6 Å². The molecule has 0 unspecified atom stereocenters. The van der Waals surface area contributed by atoms with E-state index in [0.29, 0.717) is 5.75 Å². The van der Waals surface area contributed by atoms with Gasteiger partial charge >= 0.3 is 0 Å². The summed E-state index contributed by atoms with van der Waals surface area (Å²) < 4.78 is 0.826. The highest BCUT2D eigenvalue weighted by molar-refractivity contribution is 9.10. The van der Waals surface area contributed by atoms with Gasteiger partial charge in [-0.1, -0.05) is 12.1 Å². The molecule has 82 valence electrons. The first-order chi connectivity index (χ1) is 7.02. The first-order valence-corrected chi connectivity index (χ1v) is 6.07. The average Bonchev–Trinajstić information content (AvgIpc) is 2.93.